The van der Waals surface area contributed by atoms with E-state index in [2.05, 4.69) is 36.3 Å². The lowest BCUT2D eigenvalue weighted by Crippen LogP contribution is -2.03. The fraction of sp³-hybridized carbons (Fsp3) is 0.615. The van der Waals surface area contributed by atoms with Crippen LogP contribution in [-0.2, 0) is 5.75 Å². The maximum absolute atomic E-state index is 8.84. The van der Waals surface area contributed by atoms with E-state index in [0.717, 1.165) is 31.0 Å². The molecule has 17 heavy (non-hydrogen) atoms. The molecule has 0 saturated heterocycles. The van der Waals surface area contributed by atoms with E-state index < -0.39 is 0 Å². The molecular formula is C13H22N2OS. The SMILES string of the molecule is CCCNc1cc(CSC(C)CCO)ccn1. The Morgan fingerprint density at radius 1 is 1.53 bits per heavy atom. The highest BCUT2D eigenvalue weighted by Gasteiger charge is 2.03. The van der Waals surface area contributed by atoms with Crippen molar-refractivity contribution in [1.82, 2.24) is 4.98 Å². The normalized spacial score (nSPS) is 12.4. The number of rotatable bonds is 8. The van der Waals surface area contributed by atoms with Gasteiger partial charge in [0.1, 0.15) is 5.82 Å². The molecule has 1 unspecified atom stereocenters. The van der Waals surface area contributed by atoms with E-state index in [1.807, 2.05) is 18.0 Å². The third kappa shape index (κ3) is 5.94. The number of hydrogen-bond acceptors (Lipinski definition) is 4. The Hall–Kier alpha value is -0.740. The van der Waals surface area contributed by atoms with Gasteiger partial charge in [-0.3, -0.25) is 0 Å². The van der Waals surface area contributed by atoms with Gasteiger partial charge in [0, 0.05) is 30.4 Å². The third-order valence-corrected chi connectivity index (χ3v) is 3.76. The molecule has 0 aliphatic carbocycles. The molecule has 0 radical (unpaired) electrons. The number of pyridine rings is 1. The van der Waals surface area contributed by atoms with E-state index in [0.29, 0.717) is 5.25 Å². The van der Waals surface area contributed by atoms with Gasteiger partial charge < -0.3 is 10.4 Å². The molecule has 2 N–H and O–H groups in total. The van der Waals surface area contributed by atoms with Crippen molar-refractivity contribution in [3.63, 3.8) is 0 Å². The first kappa shape index (κ1) is 14.3. The minimum absolute atomic E-state index is 0.272. The molecule has 0 spiro atoms. The summed E-state index contributed by atoms with van der Waals surface area (Å²) >= 11 is 1.87. The maximum atomic E-state index is 8.84. The Bertz CT molecular complexity index is 320. The Kier molecular flexibility index (Phi) is 7.05. The van der Waals surface area contributed by atoms with Crippen molar-refractivity contribution in [1.29, 1.82) is 0 Å². The zero-order valence-electron chi connectivity index (χ0n) is 10.6. The molecule has 1 atom stereocenters. The van der Waals surface area contributed by atoms with Gasteiger partial charge in [-0.2, -0.15) is 11.8 Å². The van der Waals surface area contributed by atoms with E-state index in [1.165, 1.54) is 5.56 Å². The van der Waals surface area contributed by atoms with Crippen LogP contribution in [-0.4, -0.2) is 28.5 Å². The second kappa shape index (κ2) is 8.37. The number of hydrogen-bond donors (Lipinski definition) is 2. The quantitative estimate of drug-likeness (QED) is 0.749. The van der Waals surface area contributed by atoms with Gasteiger partial charge in [-0.15, -0.1) is 0 Å². The summed E-state index contributed by atoms with van der Waals surface area (Å²) in [6.07, 6.45) is 3.81. The minimum atomic E-state index is 0.272. The molecule has 0 fully saturated rings. The second-order valence-corrected chi connectivity index (χ2v) is 5.54. The highest BCUT2D eigenvalue weighted by atomic mass is 32.2. The lowest BCUT2D eigenvalue weighted by atomic mass is 10.3. The topological polar surface area (TPSA) is 45.1 Å². The lowest BCUT2D eigenvalue weighted by Gasteiger charge is -2.10. The maximum Gasteiger partial charge on any atom is 0.126 e. The summed E-state index contributed by atoms with van der Waals surface area (Å²) in [7, 11) is 0. The van der Waals surface area contributed by atoms with Crippen LogP contribution in [0, 0.1) is 0 Å². The van der Waals surface area contributed by atoms with Gasteiger partial charge in [-0.25, -0.2) is 4.98 Å². The number of thioether (sulfide) groups is 1. The number of aliphatic hydroxyl groups excluding tert-OH is 1. The van der Waals surface area contributed by atoms with E-state index in [9.17, 15) is 0 Å². The largest absolute Gasteiger partial charge is 0.396 e. The summed E-state index contributed by atoms with van der Waals surface area (Å²) in [5.74, 6) is 1.93. The number of aromatic nitrogens is 1. The Labute approximate surface area is 108 Å². The van der Waals surface area contributed by atoms with Crippen LogP contribution in [0.3, 0.4) is 0 Å². The van der Waals surface area contributed by atoms with Crippen molar-refractivity contribution in [2.24, 2.45) is 0 Å². The van der Waals surface area contributed by atoms with Crippen LogP contribution in [0.15, 0.2) is 18.3 Å². The van der Waals surface area contributed by atoms with Crippen molar-refractivity contribution in [2.75, 3.05) is 18.5 Å². The van der Waals surface area contributed by atoms with Gasteiger partial charge in [0.15, 0.2) is 0 Å². The van der Waals surface area contributed by atoms with Crippen molar-refractivity contribution in [2.45, 2.75) is 37.7 Å². The smallest absolute Gasteiger partial charge is 0.126 e. The summed E-state index contributed by atoms with van der Waals surface area (Å²) in [5.41, 5.74) is 1.29. The average molecular weight is 254 g/mol. The number of nitrogens with zero attached hydrogens (tertiary/aromatic N) is 1. The fourth-order valence-electron chi connectivity index (χ4n) is 1.42. The van der Waals surface area contributed by atoms with Gasteiger partial charge in [-0.05, 0) is 30.5 Å². The van der Waals surface area contributed by atoms with Gasteiger partial charge in [-0.1, -0.05) is 13.8 Å². The van der Waals surface area contributed by atoms with E-state index in [-0.39, 0.29) is 6.61 Å². The van der Waals surface area contributed by atoms with Gasteiger partial charge in [0.05, 0.1) is 0 Å². The molecule has 0 aliphatic heterocycles. The first-order chi connectivity index (χ1) is 8.26. The third-order valence-electron chi connectivity index (χ3n) is 2.45. The molecule has 0 amide bonds. The molecule has 1 heterocycles. The van der Waals surface area contributed by atoms with Crippen LogP contribution in [0.2, 0.25) is 0 Å². The average Bonchev–Trinajstić information content (AvgIpc) is 2.35. The number of anilines is 1. The van der Waals surface area contributed by atoms with Crippen LogP contribution in [0.25, 0.3) is 0 Å². The molecule has 0 aliphatic rings. The zero-order valence-corrected chi connectivity index (χ0v) is 11.5. The van der Waals surface area contributed by atoms with Crippen LogP contribution in [0.1, 0.15) is 32.3 Å². The second-order valence-electron chi connectivity index (χ2n) is 4.11. The summed E-state index contributed by atoms with van der Waals surface area (Å²) in [6, 6.07) is 4.16. The van der Waals surface area contributed by atoms with E-state index in [4.69, 9.17) is 5.11 Å². The van der Waals surface area contributed by atoms with Gasteiger partial charge >= 0.3 is 0 Å². The molecule has 4 heteroatoms. The standard InChI is InChI=1S/C13H22N2OS/c1-3-6-14-13-9-12(4-7-15-13)10-17-11(2)5-8-16/h4,7,9,11,16H,3,5-6,8,10H2,1-2H3,(H,14,15). The highest BCUT2D eigenvalue weighted by molar-refractivity contribution is 7.99. The van der Waals surface area contributed by atoms with Crippen molar-refractivity contribution >= 4 is 17.6 Å². The lowest BCUT2D eigenvalue weighted by molar-refractivity contribution is 0.289. The monoisotopic (exact) mass is 254 g/mol. The summed E-state index contributed by atoms with van der Waals surface area (Å²) in [4.78, 5) is 4.28. The van der Waals surface area contributed by atoms with Gasteiger partial charge in [0.25, 0.3) is 0 Å². The molecule has 0 saturated carbocycles. The van der Waals surface area contributed by atoms with E-state index in [1.54, 1.807) is 0 Å². The Balaban J connectivity index is 2.42. The summed E-state index contributed by atoms with van der Waals surface area (Å²) in [6.45, 7) is 5.53. The molecule has 3 nitrogen and oxygen atoms in total. The van der Waals surface area contributed by atoms with E-state index >= 15 is 0 Å². The Morgan fingerprint density at radius 2 is 2.35 bits per heavy atom. The van der Waals surface area contributed by atoms with Crippen LogP contribution in [0.5, 0.6) is 0 Å². The van der Waals surface area contributed by atoms with Crippen molar-refractivity contribution < 1.29 is 5.11 Å². The summed E-state index contributed by atoms with van der Waals surface area (Å²) in [5, 5.41) is 12.6. The molecule has 0 bridgehead atoms. The van der Waals surface area contributed by atoms with Crippen LogP contribution < -0.4 is 5.32 Å². The van der Waals surface area contributed by atoms with Crippen molar-refractivity contribution in [3.8, 4) is 0 Å². The van der Waals surface area contributed by atoms with Gasteiger partial charge in [0.2, 0.25) is 0 Å². The number of aliphatic hydroxyl groups is 1. The molecule has 1 rings (SSSR count). The molecular weight excluding hydrogens is 232 g/mol. The zero-order chi connectivity index (χ0) is 12.5. The molecule has 1 aromatic rings. The predicted molar refractivity (Wildman–Crippen MR) is 75.5 cm³/mol. The molecule has 96 valence electrons. The summed E-state index contributed by atoms with van der Waals surface area (Å²) < 4.78 is 0. The van der Waals surface area contributed by atoms with Crippen LogP contribution in [0.4, 0.5) is 5.82 Å². The highest BCUT2D eigenvalue weighted by Crippen LogP contribution is 2.20. The first-order valence-electron chi connectivity index (χ1n) is 6.17. The first-order valence-corrected chi connectivity index (χ1v) is 7.22. The van der Waals surface area contributed by atoms with Crippen LogP contribution >= 0.6 is 11.8 Å². The molecule has 0 aromatic carbocycles. The molecule has 1 aromatic heterocycles. The fourth-order valence-corrected chi connectivity index (χ4v) is 2.35. The predicted octanol–water partition coefficient (Wildman–Crippen LogP) is 2.91. The minimum Gasteiger partial charge on any atom is -0.396 e. The van der Waals surface area contributed by atoms with Crippen molar-refractivity contribution in [3.05, 3.63) is 23.9 Å². The number of nitrogens with one attached hydrogen (secondary N) is 1. The Morgan fingerprint density at radius 3 is 3.06 bits per heavy atom.